The lowest BCUT2D eigenvalue weighted by molar-refractivity contribution is 1.24. The number of benzene rings is 17. The third-order valence-electron chi connectivity index (χ3n) is 23.1. The molecule has 0 atom stereocenters. The van der Waals surface area contributed by atoms with Gasteiger partial charge in [0.1, 0.15) is 0 Å². The third-order valence-corrected chi connectivity index (χ3v) is 27.7. The van der Waals surface area contributed by atoms with Crippen LogP contribution in [0.5, 0.6) is 0 Å². The van der Waals surface area contributed by atoms with Gasteiger partial charge in [0.25, 0.3) is 6.71 Å². The summed E-state index contributed by atoms with van der Waals surface area (Å²) in [6.07, 6.45) is 0. The van der Waals surface area contributed by atoms with E-state index in [0.29, 0.717) is 0 Å². The molecule has 0 bridgehead atoms. The van der Waals surface area contributed by atoms with Gasteiger partial charge in [0.2, 0.25) is 0 Å². The van der Waals surface area contributed by atoms with Crippen molar-refractivity contribution in [3.05, 3.63) is 370 Å². The number of thiophene rings is 4. The van der Waals surface area contributed by atoms with Crippen molar-refractivity contribution in [3.63, 3.8) is 0 Å². The van der Waals surface area contributed by atoms with Crippen LogP contribution < -0.4 is 26.2 Å². The molecule has 2 aliphatic heterocycles. The molecule has 6 heterocycles. The molecule has 0 saturated carbocycles. The largest absolute Gasteiger partial charge is 0.310 e. The lowest BCUT2D eigenvalue weighted by atomic mass is 9.33. The van der Waals surface area contributed by atoms with Gasteiger partial charge in [-0.05, 0) is 168 Å². The average Bonchev–Trinajstić information content (AvgIpc) is 0.895. The van der Waals surface area contributed by atoms with E-state index in [1.54, 1.807) is 0 Å². The highest BCUT2D eigenvalue weighted by Crippen LogP contribution is 2.56. The quantitative estimate of drug-likeness (QED) is 0.126. The van der Waals surface area contributed by atoms with E-state index < -0.39 is 0 Å². The van der Waals surface area contributed by atoms with Crippen LogP contribution in [0.25, 0.3) is 170 Å². The number of hydrogen-bond acceptors (Lipinski definition) is 6. The van der Waals surface area contributed by atoms with Gasteiger partial charge in [-0.2, -0.15) is 0 Å². The summed E-state index contributed by atoms with van der Waals surface area (Å²) in [5.74, 6) is 0. The molecule has 2 nitrogen and oxygen atoms in total. The summed E-state index contributed by atoms with van der Waals surface area (Å²) in [5, 5.41) is 10.3. The molecule has 0 fully saturated rings. The predicted octanol–water partition coefficient (Wildman–Crippen LogP) is 28.9. The molecule has 110 heavy (non-hydrogen) atoms. The maximum Gasteiger partial charge on any atom is 0.252 e. The van der Waals surface area contributed by atoms with Crippen LogP contribution in [0.1, 0.15) is 5.56 Å². The second-order valence-electron chi connectivity index (χ2n) is 29.3. The van der Waals surface area contributed by atoms with Crippen LogP contribution in [-0.4, -0.2) is 6.71 Å². The fourth-order valence-corrected chi connectivity index (χ4v) is 22.8. The van der Waals surface area contributed by atoms with Gasteiger partial charge in [-0.3, -0.25) is 0 Å². The summed E-state index contributed by atoms with van der Waals surface area (Å²) in [5.41, 5.74) is 30.4. The zero-order valence-electron chi connectivity index (χ0n) is 59.7. The van der Waals surface area contributed by atoms with E-state index >= 15 is 0 Å². The van der Waals surface area contributed by atoms with Gasteiger partial charge in [0.15, 0.2) is 0 Å². The molecule has 17 aromatic carbocycles. The van der Waals surface area contributed by atoms with Gasteiger partial charge in [0.05, 0.1) is 11.4 Å². The minimum Gasteiger partial charge on any atom is -0.310 e. The molecule has 0 radical (unpaired) electrons. The van der Waals surface area contributed by atoms with Crippen LogP contribution >= 0.6 is 45.3 Å². The van der Waals surface area contributed by atoms with Crippen LogP contribution in [0.4, 0.5) is 34.1 Å². The molecule has 0 saturated heterocycles. The van der Waals surface area contributed by atoms with Crippen LogP contribution in [0.15, 0.2) is 364 Å². The lowest BCUT2D eigenvalue weighted by Gasteiger charge is -2.46. The van der Waals surface area contributed by atoms with Crippen LogP contribution in [0, 0.1) is 6.92 Å². The molecule has 2 aliphatic rings. The van der Waals surface area contributed by atoms with E-state index in [1.165, 1.54) is 153 Å². The van der Waals surface area contributed by atoms with E-state index in [4.69, 9.17) is 0 Å². The van der Waals surface area contributed by atoms with Gasteiger partial charge in [-0.15, -0.1) is 45.3 Å². The number of fused-ring (bicyclic) bond motifs is 16. The topological polar surface area (TPSA) is 6.48 Å². The Kier molecular flexibility index (Phi) is 14.5. The standard InChI is InChI=1S/C103H63BN2S4/c1-62-54-91-101-92(55-62)106(103-77(69-44-50-85-81-32-14-18-40-95(81)109-99(85)60-69)36-21-37-78(103)70-45-51-86-82-33-15-19-41-96(82)110-100(86)61-70)90-57-66(74-29-11-9-27-72(74)64-24-6-3-7-25-64)47-53-88(90)104(101)87-52-46-65(73-28-10-8-26-71(73)63-22-4-2-5-23-63)56-89(87)105(91)102-75(67-42-48-83-79-30-12-16-38-93(79)107-97(83)58-67)34-20-35-76(102)68-43-49-84-80-31-13-17-39-94(80)108-98(84)59-68/h2-61H,1H3. The molecule has 0 spiro atoms. The molecule has 0 amide bonds. The van der Waals surface area contributed by atoms with Crippen LogP contribution in [-0.2, 0) is 0 Å². The molecule has 4 aromatic heterocycles. The highest BCUT2D eigenvalue weighted by atomic mass is 32.1. The van der Waals surface area contributed by atoms with E-state index in [9.17, 15) is 0 Å². The Morgan fingerprint density at radius 1 is 0.200 bits per heavy atom. The minimum absolute atomic E-state index is 0.226. The fraction of sp³-hybridized carbons (Fsp3) is 0.00971. The lowest BCUT2D eigenvalue weighted by Crippen LogP contribution is -2.61. The molecule has 512 valence electrons. The molecule has 21 aromatic rings. The molecule has 0 aliphatic carbocycles. The molecular formula is C103H63BN2S4. The Balaban J connectivity index is 0.848. The zero-order chi connectivity index (χ0) is 72.2. The molecular weight excluding hydrogens is 1400 g/mol. The molecule has 7 heteroatoms. The first-order chi connectivity index (χ1) is 54.4. The highest BCUT2D eigenvalue weighted by Gasteiger charge is 2.46. The van der Waals surface area contributed by atoms with E-state index in [-0.39, 0.29) is 6.71 Å². The van der Waals surface area contributed by atoms with Gasteiger partial charge >= 0.3 is 0 Å². The number of aryl methyl sites for hydroxylation is 1. The summed E-state index contributed by atoms with van der Waals surface area (Å²) in [6, 6.07) is 139. The average molecular weight is 1470 g/mol. The number of nitrogens with zero attached hydrogens (tertiary/aromatic N) is 2. The van der Waals surface area contributed by atoms with Crippen molar-refractivity contribution in [2.75, 3.05) is 9.80 Å². The van der Waals surface area contributed by atoms with Crippen LogP contribution in [0.2, 0.25) is 0 Å². The Morgan fingerprint density at radius 3 is 0.800 bits per heavy atom. The smallest absolute Gasteiger partial charge is 0.252 e. The van der Waals surface area contributed by atoms with Crippen molar-refractivity contribution < 1.29 is 0 Å². The predicted molar refractivity (Wildman–Crippen MR) is 480 cm³/mol. The van der Waals surface area contributed by atoms with E-state index in [0.717, 1.165) is 73.1 Å². The van der Waals surface area contributed by atoms with Gasteiger partial charge in [-0.25, -0.2) is 0 Å². The Hall–Kier alpha value is -12.7. The van der Waals surface area contributed by atoms with Gasteiger partial charge in [0, 0.05) is 126 Å². The summed E-state index contributed by atoms with van der Waals surface area (Å²) < 4.78 is 10.2. The zero-order valence-corrected chi connectivity index (χ0v) is 63.0. The summed E-state index contributed by atoms with van der Waals surface area (Å²) >= 11 is 7.53. The van der Waals surface area contributed by atoms with Crippen molar-refractivity contribution in [2.24, 2.45) is 0 Å². The second-order valence-corrected chi connectivity index (χ2v) is 33.7. The number of hydrogen-bond donors (Lipinski definition) is 0. The van der Waals surface area contributed by atoms with Gasteiger partial charge in [-0.1, -0.05) is 291 Å². The van der Waals surface area contributed by atoms with Crippen molar-refractivity contribution in [1.29, 1.82) is 0 Å². The van der Waals surface area contributed by atoms with Gasteiger partial charge < -0.3 is 9.80 Å². The summed E-state index contributed by atoms with van der Waals surface area (Å²) in [6.45, 7) is 2.11. The molecule has 0 unspecified atom stereocenters. The monoisotopic (exact) mass is 1470 g/mol. The Labute approximate surface area is 653 Å². The molecule has 23 rings (SSSR count). The van der Waals surface area contributed by atoms with E-state index in [1.807, 2.05) is 45.3 Å². The first-order valence-electron chi connectivity index (χ1n) is 37.7. The number of anilines is 6. The maximum atomic E-state index is 2.73. The Morgan fingerprint density at radius 2 is 0.464 bits per heavy atom. The first kappa shape index (κ1) is 63.4. The molecule has 0 N–H and O–H groups in total. The SMILES string of the molecule is Cc1cc2c3c(c1)N(c1c(-c4ccc5c(c4)sc4ccccc45)cccc1-c1ccc4c(c1)sc1ccccc14)c1cc(-c4ccccc4-c4ccccc4)ccc1B3c1ccc(-c3ccccc3-c3ccccc3)cc1N2c1c(-c2ccc3c(c2)sc2ccccc23)cccc1-c1ccc2c(c1)sc1ccccc12. The minimum atomic E-state index is -0.226. The number of rotatable bonds is 10. The maximum absolute atomic E-state index is 2.73. The van der Waals surface area contributed by atoms with E-state index in [2.05, 4.69) is 381 Å². The Bertz CT molecular complexity index is 6700. The fourth-order valence-electron chi connectivity index (χ4n) is 18.2. The van der Waals surface area contributed by atoms with Crippen LogP contribution in [0.3, 0.4) is 0 Å². The van der Waals surface area contributed by atoms with Crippen molar-refractivity contribution in [1.82, 2.24) is 0 Å². The second kappa shape index (κ2) is 25.2. The van der Waals surface area contributed by atoms with Crippen molar-refractivity contribution in [2.45, 2.75) is 6.92 Å². The first-order valence-corrected chi connectivity index (χ1v) is 41.0. The third kappa shape index (κ3) is 9.98. The summed E-state index contributed by atoms with van der Waals surface area (Å²) in [4.78, 5) is 5.46. The normalized spacial score (nSPS) is 12.5. The highest BCUT2D eigenvalue weighted by molar-refractivity contribution is 7.27. The van der Waals surface area contributed by atoms with Crippen molar-refractivity contribution >= 4 is 183 Å². The number of para-hydroxylation sites is 2. The van der Waals surface area contributed by atoms with Crippen molar-refractivity contribution in [3.8, 4) is 89.0 Å². The summed E-state index contributed by atoms with van der Waals surface area (Å²) in [7, 11) is 0.